The first-order valence-electron chi connectivity index (χ1n) is 6.81. The molecule has 0 saturated heterocycles. The van der Waals surface area contributed by atoms with E-state index in [0.29, 0.717) is 5.56 Å². The number of nitrogens with one attached hydrogen (secondary N) is 1. The van der Waals surface area contributed by atoms with Crippen LogP contribution < -0.4 is 5.43 Å². The van der Waals surface area contributed by atoms with E-state index in [2.05, 4.69) is 33.1 Å². The number of benzene rings is 3. The molecule has 22 heavy (non-hydrogen) atoms. The minimum atomic E-state index is -0.210. The highest BCUT2D eigenvalue weighted by Gasteiger charge is 2.08. The van der Waals surface area contributed by atoms with Gasteiger partial charge in [0, 0.05) is 9.13 Å². The smallest absolute Gasteiger partial charge is 0.267 e. The fourth-order valence-corrected chi connectivity index (χ4v) is 2.56. The summed E-state index contributed by atoms with van der Waals surface area (Å²) in [5, 5.41) is 5.99. The van der Waals surface area contributed by atoms with Gasteiger partial charge in [-0.3, -0.25) is 4.79 Å². The highest BCUT2D eigenvalue weighted by molar-refractivity contribution is 14.1. The molecular formula is C18H13IN2O. The molecule has 3 rings (SSSR count). The molecule has 0 spiro atoms. The molecule has 3 nitrogen and oxygen atoms in total. The lowest BCUT2D eigenvalue weighted by Gasteiger charge is -2.04. The van der Waals surface area contributed by atoms with Crippen molar-refractivity contribution >= 4 is 45.5 Å². The number of rotatable bonds is 3. The van der Waals surface area contributed by atoms with Crippen molar-refractivity contribution in [2.24, 2.45) is 5.10 Å². The second kappa shape index (κ2) is 6.70. The van der Waals surface area contributed by atoms with Crippen molar-refractivity contribution < 1.29 is 4.79 Å². The van der Waals surface area contributed by atoms with Crippen LogP contribution >= 0.6 is 22.6 Å². The van der Waals surface area contributed by atoms with Crippen molar-refractivity contribution in [3.63, 3.8) is 0 Å². The highest BCUT2D eigenvalue weighted by Crippen LogP contribution is 2.18. The fourth-order valence-electron chi connectivity index (χ4n) is 2.20. The lowest BCUT2D eigenvalue weighted by Crippen LogP contribution is -2.17. The normalized spacial score (nSPS) is 11.0. The maximum absolute atomic E-state index is 12.3. The molecule has 0 atom stereocenters. The zero-order valence-corrected chi connectivity index (χ0v) is 13.8. The molecule has 0 bridgehead atoms. The quantitative estimate of drug-likeness (QED) is 0.400. The molecule has 0 aromatic heterocycles. The van der Waals surface area contributed by atoms with Gasteiger partial charge < -0.3 is 0 Å². The zero-order valence-electron chi connectivity index (χ0n) is 11.7. The molecule has 3 aromatic rings. The Morgan fingerprint density at radius 1 is 0.955 bits per heavy atom. The Morgan fingerprint density at radius 3 is 2.50 bits per heavy atom. The van der Waals surface area contributed by atoms with Crippen molar-refractivity contribution in [1.82, 2.24) is 5.43 Å². The molecule has 0 heterocycles. The van der Waals surface area contributed by atoms with E-state index in [9.17, 15) is 4.79 Å². The first kappa shape index (κ1) is 14.7. The second-order valence-corrected chi connectivity index (χ2v) is 6.02. The summed E-state index contributed by atoms with van der Waals surface area (Å²) in [5.74, 6) is -0.210. The molecule has 0 aliphatic carbocycles. The third kappa shape index (κ3) is 3.33. The minimum absolute atomic E-state index is 0.210. The van der Waals surface area contributed by atoms with E-state index < -0.39 is 0 Å². The SMILES string of the molecule is O=C(N/N=C/c1ccc(I)cc1)c1cccc2ccccc12. The monoisotopic (exact) mass is 400 g/mol. The first-order chi connectivity index (χ1) is 10.7. The third-order valence-electron chi connectivity index (χ3n) is 3.28. The van der Waals surface area contributed by atoms with Gasteiger partial charge in [-0.05, 0) is 57.1 Å². The Kier molecular flexibility index (Phi) is 4.48. The van der Waals surface area contributed by atoms with Crippen molar-refractivity contribution in [1.29, 1.82) is 0 Å². The predicted octanol–water partition coefficient (Wildman–Crippen LogP) is 4.21. The van der Waals surface area contributed by atoms with Crippen LogP contribution in [-0.2, 0) is 0 Å². The Labute approximate surface area is 142 Å². The molecule has 1 amide bonds. The summed E-state index contributed by atoms with van der Waals surface area (Å²) >= 11 is 2.25. The van der Waals surface area contributed by atoms with Crippen LogP contribution in [0.3, 0.4) is 0 Å². The lowest BCUT2D eigenvalue weighted by atomic mass is 10.0. The van der Waals surface area contributed by atoms with Gasteiger partial charge in [-0.1, -0.05) is 48.5 Å². The van der Waals surface area contributed by atoms with Crippen LogP contribution in [0.2, 0.25) is 0 Å². The maximum Gasteiger partial charge on any atom is 0.271 e. The summed E-state index contributed by atoms with van der Waals surface area (Å²) in [6, 6.07) is 21.4. The molecule has 0 fully saturated rings. The number of carbonyl (C=O) groups is 1. The maximum atomic E-state index is 12.3. The number of amides is 1. The van der Waals surface area contributed by atoms with Gasteiger partial charge in [0.05, 0.1) is 6.21 Å². The van der Waals surface area contributed by atoms with Gasteiger partial charge in [0.1, 0.15) is 0 Å². The van der Waals surface area contributed by atoms with E-state index in [-0.39, 0.29) is 5.91 Å². The number of hydrogen-bond acceptors (Lipinski definition) is 2. The van der Waals surface area contributed by atoms with E-state index >= 15 is 0 Å². The second-order valence-electron chi connectivity index (χ2n) is 4.78. The van der Waals surface area contributed by atoms with Gasteiger partial charge in [0.25, 0.3) is 5.91 Å². The number of fused-ring (bicyclic) bond motifs is 1. The number of hydrogen-bond donors (Lipinski definition) is 1. The number of hydrazone groups is 1. The largest absolute Gasteiger partial charge is 0.271 e. The summed E-state index contributed by atoms with van der Waals surface area (Å²) in [6.45, 7) is 0. The molecule has 0 radical (unpaired) electrons. The van der Waals surface area contributed by atoms with Crippen LogP contribution in [0.4, 0.5) is 0 Å². The third-order valence-corrected chi connectivity index (χ3v) is 4.00. The lowest BCUT2D eigenvalue weighted by molar-refractivity contribution is 0.0957. The number of carbonyl (C=O) groups excluding carboxylic acids is 1. The fraction of sp³-hybridized carbons (Fsp3) is 0. The van der Waals surface area contributed by atoms with Crippen molar-refractivity contribution in [3.8, 4) is 0 Å². The molecule has 108 valence electrons. The van der Waals surface area contributed by atoms with Crippen LogP contribution in [0, 0.1) is 3.57 Å². The van der Waals surface area contributed by atoms with Gasteiger partial charge in [0.15, 0.2) is 0 Å². The average molecular weight is 400 g/mol. The number of halogens is 1. The highest BCUT2D eigenvalue weighted by atomic mass is 127. The topological polar surface area (TPSA) is 41.5 Å². The summed E-state index contributed by atoms with van der Waals surface area (Å²) < 4.78 is 1.16. The molecule has 0 unspecified atom stereocenters. The van der Waals surface area contributed by atoms with E-state index in [0.717, 1.165) is 19.9 Å². The van der Waals surface area contributed by atoms with Gasteiger partial charge in [0.2, 0.25) is 0 Å². The van der Waals surface area contributed by atoms with Crippen LogP contribution in [0.15, 0.2) is 71.8 Å². The molecule has 3 aromatic carbocycles. The van der Waals surface area contributed by atoms with Crippen molar-refractivity contribution in [3.05, 3.63) is 81.4 Å². The van der Waals surface area contributed by atoms with Gasteiger partial charge in [-0.2, -0.15) is 5.10 Å². The number of nitrogens with zero attached hydrogens (tertiary/aromatic N) is 1. The van der Waals surface area contributed by atoms with Crippen LogP contribution in [0.5, 0.6) is 0 Å². The van der Waals surface area contributed by atoms with Crippen molar-refractivity contribution in [2.75, 3.05) is 0 Å². The van der Waals surface area contributed by atoms with Crippen LogP contribution in [0.1, 0.15) is 15.9 Å². The average Bonchev–Trinajstić information content (AvgIpc) is 2.56. The Balaban J connectivity index is 1.77. The molecule has 1 N–H and O–H groups in total. The van der Waals surface area contributed by atoms with Crippen LogP contribution in [0.25, 0.3) is 10.8 Å². The summed E-state index contributed by atoms with van der Waals surface area (Å²) in [7, 11) is 0. The molecular weight excluding hydrogens is 387 g/mol. The van der Waals surface area contributed by atoms with E-state index in [1.807, 2.05) is 60.7 Å². The summed E-state index contributed by atoms with van der Waals surface area (Å²) in [5.41, 5.74) is 4.15. The molecule has 0 aliphatic rings. The first-order valence-corrected chi connectivity index (χ1v) is 7.89. The van der Waals surface area contributed by atoms with Gasteiger partial charge in [-0.15, -0.1) is 0 Å². The molecule has 4 heteroatoms. The standard InChI is InChI=1S/C18H13IN2O/c19-15-10-8-13(9-11-15)12-20-21-18(22)17-7-3-5-14-4-1-2-6-16(14)17/h1-12H,(H,21,22)/b20-12+. The van der Waals surface area contributed by atoms with E-state index in [1.165, 1.54) is 0 Å². The zero-order chi connectivity index (χ0) is 15.4. The Hall–Kier alpha value is -2.21. The molecule has 0 aliphatic heterocycles. The van der Waals surface area contributed by atoms with Gasteiger partial charge in [-0.25, -0.2) is 5.43 Å². The molecule has 0 saturated carbocycles. The summed E-state index contributed by atoms with van der Waals surface area (Å²) in [6.07, 6.45) is 1.64. The van der Waals surface area contributed by atoms with E-state index in [4.69, 9.17) is 0 Å². The Bertz CT molecular complexity index is 836. The van der Waals surface area contributed by atoms with Crippen LogP contribution in [-0.4, -0.2) is 12.1 Å². The predicted molar refractivity (Wildman–Crippen MR) is 98.2 cm³/mol. The van der Waals surface area contributed by atoms with E-state index in [1.54, 1.807) is 12.3 Å². The minimum Gasteiger partial charge on any atom is -0.267 e. The summed E-state index contributed by atoms with van der Waals surface area (Å²) in [4.78, 5) is 12.3. The Morgan fingerprint density at radius 2 is 1.68 bits per heavy atom. The van der Waals surface area contributed by atoms with Gasteiger partial charge >= 0.3 is 0 Å². The van der Waals surface area contributed by atoms with Crippen molar-refractivity contribution in [2.45, 2.75) is 0 Å².